The summed E-state index contributed by atoms with van der Waals surface area (Å²) < 4.78 is 23.9. The van der Waals surface area contributed by atoms with Gasteiger partial charge < -0.3 is 0 Å². The van der Waals surface area contributed by atoms with Crippen LogP contribution in [0.2, 0.25) is 0 Å². The lowest BCUT2D eigenvalue weighted by molar-refractivity contribution is -0.127. The van der Waals surface area contributed by atoms with E-state index in [2.05, 4.69) is 0 Å². The zero-order valence-electron chi connectivity index (χ0n) is 7.22. The van der Waals surface area contributed by atoms with E-state index >= 15 is 0 Å². The number of ketones is 1. The van der Waals surface area contributed by atoms with E-state index in [0.717, 1.165) is 6.42 Å². The van der Waals surface area contributed by atoms with Crippen LogP contribution in [0.25, 0.3) is 0 Å². The summed E-state index contributed by atoms with van der Waals surface area (Å²) in [6.07, 6.45) is -0.534. The molecular formula is C9H14F2O. The summed E-state index contributed by atoms with van der Waals surface area (Å²) in [5.74, 6) is 0.105. The van der Waals surface area contributed by atoms with Crippen molar-refractivity contribution in [1.29, 1.82) is 0 Å². The van der Waals surface area contributed by atoms with Gasteiger partial charge in [0.25, 0.3) is 0 Å². The second-order valence-electron chi connectivity index (χ2n) is 3.67. The maximum atomic E-state index is 12.0. The fraction of sp³-hybridized carbons (Fsp3) is 0.889. The maximum absolute atomic E-state index is 12.0. The highest BCUT2D eigenvalue weighted by Gasteiger charge is 2.28. The molecule has 0 amide bonds. The van der Waals surface area contributed by atoms with Crippen LogP contribution in [-0.2, 0) is 4.79 Å². The number of carbonyl (C=O) groups excluding carboxylic acids is 1. The fourth-order valence-electron chi connectivity index (χ4n) is 1.77. The molecule has 0 saturated heterocycles. The van der Waals surface area contributed by atoms with Gasteiger partial charge in [0, 0.05) is 18.8 Å². The van der Waals surface area contributed by atoms with Crippen LogP contribution in [0.1, 0.15) is 32.6 Å². The van der Waals surface area contributed by atoms with E-state index in [1.807, 2.05) is 6.92 Å². The van der Waals surface area contributed by atoms with E-state index in [-0.39, 0.29) is 18.1 Å². The Bertz CT molecular complexity index is 166. The van der Waals surface area contributed by atoms with Gasteiger partial charge in [0.15, 0.2) is 0 Å². The molecule has 1 aliphatic carbocycles. The molecule has 0 N–H and O–H groups in total. The first-order valence-corrected chi connectivity index (χ1v) is 4.40. The first-order chi connectivity index (χ1) is 5.59. The molecule has 1 fully saturated rings. The minimum absolute atomic E-state index is 0.0356. The molecule has 0 aliphatic heterocycles. The Morgan fingerprint density at radius 2 is 2.25 bits per heavy atom. The first kappa shape index (κ1) is 9.62. The third-order valence-electron chi connectivity index (χ3n) is 2.49. The largest absolute Gasteiger partial charge is 0.299 e. The zero-order valence-corrected chi connectivity index (χ0v) is 7.22. The van der Waals surface area contributed by atoms with Gasteiger partial charge in [0.05, 0.1) is 0 Å². The van der Waals surface area contributed by atoms with Crippen LogP contribution < -0.4 is 0 Å². The highest BCUT2D eigenvalue weighted by molar-refractivity contribution is 5.81. The van der Waals surface area contributed by atoms with Crippen molar-refractivity contribution < 1.29 is 13.6 Å². The Morgan fingerprint density at radius 1 is 1.58 bits per heavy atom. The molecular weight excluding hydrogens is 162 g/mol. The van der Waals surface area contributed by atoms with Crippen molar-refractivity contribution in [1.82, 2.24) is 0 Å². The lowest BCUT2D eigenvalue weighted by Crippen LogP contribution is -2.25. The topological polar surface area (TPSA) is 17.1 Å². The molecule has 1 saturated carbocycles. The van der Waals surface area contributed by atoms with Crippen molar-refractivity contribution >= 4 is 5.78 Å². The Morgan fingerprint density at radius 3 is 2.83 bits per heavy atom. The van der Waals surface area contributed by atoms with Gasteiger partial charge in [-0.2, -0.15) is 0 Å². The van der Waals surface area contributed by atoms with Gasteiger partial charge in [-0.25, -0.2) is 8.78 Å². The Balaban J connectivity index is 2.43. The lowest BCUT2D eigenvalue weighted by atomic mass is 9.80. The van der Waals surface area contributed by atoms with E-state index < -0.39 is 6.43 Å². The third-order valence-corrected chi connectivity index (χ3v) is 2.49. The molecule has 0 aromatic heterocycles. The van der Waals surface area contributed by atoms with Crippen LogP contribution in [0.4, 0.5) is 8.78 Å². The minimum Gasteiger partial charge on any atom is -0.299 e. The highest BCUT2D eigenvalue weighted by atomic mass is 19.3. The smallest absolute Gasteiger partial charge is 0.239 e. The maximum Gasteiger partial charge on any atom is 0.239 e. The summed E-state index contributed by atoms with van der Waals surface area (Å²) in [4.78, 5) is 11.1. The molecule has 2 atom stereocenters. The number of halogens is 2. The Kier molecular flexibility index (Phi) is 3.18. The van der Waals surface area contributed by atoms with E-state index in [1.54, 1.807) is 0 Å². The number of Topliss-reactive ketones (excluding diaryl/α,β-unsaturated/α-hetero) is 1. The van der Waals surface area contributed by atoms with Crippen molar-refractivity contribution in [3.8, 4) is 0 Å². The van der Waals surface area contributed by atoms with Gasteiger partial charge >= 0.3 is 0 Å². The molecule has 0 heterocycles. The first-order valence-electron chi connectivity index (χ1n) is 4.40. The highest BCUT2D eigenvalue weighted by Crippen LogP contribution is 2.29. The van der Waals surface area contributed by atoms with Crippen LogP contribution in [0, 0.1) is 11.8 Å². The SMILES string of the molecule is CC1CCC(=O)C(CC(F)F)C1. The average molecular weight is 176 g/mol. The number of rotatable bonds is 2. The van der Waals surface area contributed by atoms with E-state index in [4.69, 9.17) is 0 Å². The van der Waals surface area contributed by atoms with Crippen LogP contribution in [0.5, 0.6) is 0 Å². The molecule has 0 spiro atoms. The minimum atomic E-state index is -2.33. The van der Waals surface area contributed by atoms with Crippen LogP contribution >= 0.6 is 0 Å². The van der Waals surface area contributed by atoms with Crippen molar-refractivity contribution in [2.45, 2.75) is 39.0 Å². The van der Waals surface area contributed by atoms with Crippen molar-refractivity contribution in [2.24, 2.45) is 11.8 Å². The van der Waals surface area contributed by atoms with E-state index in [0.29, 0.717) is 18.8 Å². The standard InChI is InChI=1S/C9H14F2O/c1-6-2-3-8(12)7(4-6)5-9(10)11/h6-7,9H,2-5H2,1H3. The molecule has 0 aromatic rings. The van der Waals surface area contributed by atoms with Crippen molar-refractivity contribution in [2.75, 3.05) is 0 Å². The zero-order chi connectivity index (χ0) is 9.14. The molecule has 12 heavy (non-hydrogen) atoms. The molecule has 1 aliphatic rings. The van der Waals surface area contributed by atoms with Gasteiger partial charge in [-0.15, -0.1) is 0 Å². The summed E-state index contributed by atoms with van der Waals surface area (Å²) in [5, 5.41) is 0. The van der Waals surface area contributed by atoms with Crippen LogP contribution in [0.15, 0.2) is 0 Å². The molecule has 0 bridgehead atoms. The fourth-order valence-corrected chi connectivity index (χ4v) is 1.77. The molecule has 1 nitrogen and oxygen atoms in total. The summed E-state index contributed by atoms with van der Waals surface area (Å²) in [6, 6.07) is 0. The Labute approximate surface area is 71.1 Å². The average Bonchev–Trinajstić information content (AvgIpc) is 1.96. The summed E-state index contributed by atoms with van der Waals surface area (Å²) in [5.41, 5.74) is 0. The molecule has 70 valence electrons. The normalized spacial score (nSPS) is 31.2. The van der Waals surface area contributed by atoms with Gasteiger partial charge in [-0.05, 0) is 18.8 Å². The second-order valence-corrected chi connectivity index (χ2v) is 3.67. The van der Waals surface area contributed by atoms with Gasteiger partial charge in [0.1, 0.15) is 5.78 Å². The molecule has 1 rings (SSSR count). The molecule has 0 aromatic carbocycles. The Hall–Kier alpha value is -0.470. The summed E-state index contributed by atoms with van der Waals surface area (Å²) in [7, 11) is 0. The van der Waals surface area contributed by atoms with Gasteiger partial charge in [-0.3, -0.25) is 4.79 Å². The van der Waals surface area contributed by atoms with E-state index in [1.165, 1.54) is 0 Å². The number of alkyl halides is 2. The molecule has 0 radical (unpaired) electrons. The van der Waals surface area contributed by atoms with E-state index in [9.17, 15) is 13.6 Å². The monoisotopic (exact) mass is 176 g/mol. The number of carbonyl (C=O) groups is 1. The van der Waals surface area contributed by atoms with Crippen LogP contribution in [-0.4, -0.2) is 12.2 Å². The van der Waals surface area contributed by atoms with Crippen molar-refractivity contribution in [3.05, 3.63) is 0 Å². The quantitative estimate of drug-likeness (QED) is 0.632. The number of hydrogen-bond acceptors (Lipinski definition) is 1. The number of hydrogen-bond donors (Lipinski definition) is 0. The van der Waals surface area contributed by atoms with Crippen LogP contribution in [0.3, 0.4) is 0 Å². The summed E-state index contributed by atoms with van der Waals surface area (Å²) >= 11 is 0. The van der Waals surface area contributed by atoms with Gasteiger partial charge in [-0.1, -0.05) is 6.92 Å². The lowest BCUT2D eigenvalue weighted by Gasteiger charge is -2.24. The van der Waals surface area contributed by atoms with Crippen molar-refractivity contribution in [3.63, 3.8) is 0 Å². The molecule has 2 unspecified atom stereocenters. The second kappa shape index (κ2) is 3.97. The molecule has 3 heteroatoms. The third kappa shape index (κ3) is 2.54. The predicted octanol–water partition coefficient (Wildman–Crippen LogP) is 2.65. The summed E-state index contributed by atoms with van der Waals surface area (Å²) in [6.45, 7) is 2.02. The van der Waals surface area contributed by atoms with Gasteiger partial charge in [0.2, 0.25) is 6.43 Å². The predicted molar refractivity (Wildman–Crippen MR) is 42.1 cm³/mol.